The van der Waals surface area contributed by atoms with Crippen LogP contribution in [0, 0.1) is 5.92 Å². The summed E-state index contributed by atoms with van der Waals surface area (Å²) in [5.41, 5.74) is 1.15. The summed E-state index contributed by atoms with van der Waals surface area (Å²) in [6.07, 6.45) is 6.23. The van der Waals surface area contributed by atoms with Crippen molar-refractivity contribution >= 4 is 35.8 Å². The largest absolute Gasteiger partial charge is 0.477 e. The van der Waals surface area contributed by atoms with Gasteiger partial charge in [-0.3, -0.25) is 4.99 Å². The van der Waals surface area contributed by atoms with Crippen molar-refractivity contribution in [2.45, 2.75) is 19.4 Å². The number of ether oxygens (including phenoxy) is 1. The normalized spacial score (nSPS) is 16.9. The molecule has 7 nitrogen and oxygen atoms in total. The summed E-state index contributed by atoms with van der Waals surface area (Å²) in [4.78, 5) is 17.8. The lowest BCUT2D eigenvalue weighted by Gasteiger charge is -2.37. The van der Waals surface area contributed by atoms with Crippen molar-refractivity contribution in [2.75, 3.05) is 44.7 Å². The Balaban J connectivity index is 0.00000240. The number of nitrogens with zero attached hydrogens (tertiary/aromatic N) is 5. The fraction of sp³-hybridized carbons (Fsp3) is 0.476. The van der Waals surface area contributed by atoms with Gasteiger partial charge >= 0.3 is 0 Å². The highest BCUT2D eigenvalue weighted by Gasteiger charge is 2.22. The number of rotatable bonds is 6. The molecule has 0 bridgehead atoms. The van der Waals surface area contributed by atoms with E-state index in [2.05, 4.69) is 36.1 Å². The number of piperazine rings is 1. The van der Waals surface area contributed by atoms with Crippen LogP contribution < -0.4 is 15.0 Å². The minimum Gasteiger partial charge on any atom is -0.477 e. The summed E-state index contributed by atoms with van der Waals surface area (Å²) < 4.78 is 5.78. The Bertz CT molecular complexity index is 791. The van der Waals surface area contributed by atoms with E-state index in [9.17, 15) is 0 Å². The Labute approximate surface area is 189 Å². The lowest BCUT2D eigenvalue weighted by Crippen LogP contribution is -2.52. The van der Waals surface area contributed by atoms with Crippen molar-refractivity contribution in [3.8, 4) is 5.88 Å². The number of anilines is 1. The van der Waals surface area contributed by atoms with E-state index in [-0.39, 0.29) is 24.0 Å². The van der Waals surface area contributed by atoms with Crippen molar-refractivity contribution in [2.24, 2.45) is 10.9 Å². The van der Waals surface area contributed by atoms with E-state index in [1.807, 2.05) is 43.7 Å². The standard InChI is InChI=1S/C21H28N6O.HI/c1-22-21(27-12-10-26(11-13-27)19-4-2-3-8-23-19)25-15-18-7-9-24-20(14-18)28-16-17-5-6-17;/h2-4,7-9,14,17H,5-6,10-13,15-16H2,1H3,(H,22,25);1H. The van der Waals surface area contributed by atoms with Crippen LogP contribution in [0.25, 0.3) is 0 Å². The van der Waals surface area contributed by atoms with E-state index < -0.39 is 0 Å². The Morgan fingerprint density at radius 2 is 1.97 bits per heavy atom. The molecule has 0 aromatic carbocycles. The van der Waals surface area contributed by atoms with Crippen LogP contribution in [0.5, 0.6) is 5.88 Å². The molecule has 1 saturated carbocycles. The van der Waals surface area contributed by atoms with Crippen LogP contribution in [0.3, 0.4) is 0 Å². The highest BCUT2D eigenvalue weighted by molar-refractivity contribution is 14.0. The van der Waals surface area contributed by atoms with Gasteiger partial charge in [-0.2, -0.15) is 0 Å². The average Bonchev–Trinajstić information content (AvgIpc) is 3.59. The topological polar surface area (TPSA) is 65.9 Å². The van der Waals surface area contributed by atoms with Gasteiger partial charge < -0.3 is 19.9 Å². The summed E-state index contributed by atoms with van der Waals surface area (Å²) in [7, 11) is 1.84. The molecule has 29 heavy (non-hydrogen) atoms. The molecule has 1 aliphatic heterocycles. The van der Waals surface area contributed by atoms with Crippen molar-refractivity contribution in [1.82, 2.24) is 20.2 Å². The number of hydrogen-bond donors (Lipinski definition) is 1. The van der Waals surface area contributed by atoms with Gasteiger partial charge in [-0.1, -0.05) is 6.07 Å². The minimum absolute atomic E-state index is 0. The van der Waals surface area contributed by atoms with Gasteiger partial charge in [0.1, 0.15) is 5.82 Å². The number of halogens is 1. The Kier molecular flexibility index (Phi) is 7.91. The second kappa shape index (κ2) is 10.6. The van der Waals surface area contributed by atoms with Gasteiger partial charge in [0.25, 0.3) is 0 Å². The summed E-state index contributed by atoms with van der Waals surface area (Å²) in [6.45, 7) is 5.20. The molecular formula is C21H29IN6O. The molecule has 4 rings (SSSR count). The van der Waals surface area contributed by atoms with Crippen molar-refractivity contribution in [1.29, 1.82) is 0 Å². The SMILES string of the molecule is CN=C(NCc1ccnc(OCC2CC2)c1)N1CCN(c2ccccn2)CC1.I. The zero-order valence-electron chi connectivity index (χ0n) is 16.8. The van der Waals surface area contributed by atoms with Crippen LogP contribution in [-0.2, 0) is 6.54 Å². The molecule has 8 heteroatoms. The van der Waals surface area contributed by atoms with Gasteiger partial charge in [0.2, 0.25) is 5.88 Å². The predicted octanol–water partition coefficient (Wildman–Crippen LogP) is 2.78. The van der Waals surface area contributed by atoms with Crippen LogP contribution in [-0.4, -0.2) is 60.7 Å². The lowest BCUT2D eigenvalue weighted by atomic mass is 10.2. The molecule has 0 unspecified atom stereocenters. The molecule has 1 aliphatic carbocycles. The third kappa shape index (κ3) is 6.19. The zero-order valence-corrected chi connectivity index (χ0v) is 19.2. The van der Waals surface area contributed by atoms with Gasteiger partial charge in [0, 0.05) is 58.2 Å². The number of pyridine rings is 2. The number of nitrogens with one attached hydrogen (secondary N) is 1. The molecule has 2 aromatic rings. The average molecular weight is 508 g/mol. The molecule has 0 spiro atoms. The lowest BCUT2D eigenvalue weighted by molar-refractivity contribution is 0.288. The summed E-state index contributed by atoms with van der Waals surface area (Å²) in [5.74, 6) is 3.41. The van der Waals surface area contributed by atoms with E-state index in [4.69, 9.17) is 4.74 Å². The smallest absolute Gasteiger partial charge is 0.213 e. The molecule has 3 heterocycles. The number of aliphatic imine (C=N–C) groups is 1. The van der Waals surface area contributed by atoms with Crippen molar-refractivity contribution in [3.63, 3.8) is 0 Å². The first-order valence-electron chi connectivity index (χ1n) is 10.0. The highest BCUT2D eigenvalue weighted by atomic mass is 127. The molecule has 2 fully saturated rings. The van der Waals surface area contributed by atoms with Crippen LogP contribution in [0.15, 0.2) is 47.7 Å². The molecule has 1 N–H and O–H groups in total. The van der Waals surface area contributed by atoms with Gasteiger partial charge in [-0.25, -0.2) is 9.97 Å². The van der Waals surface area contributed by atoms with Crippen LogP contribution >= 0.6 is 24.0 Å². The second-order valence-corrected chi connectivity index (χ2v) is 7.32. The molecule has 0 amide bonds. The number of guanidine groups is 1. The first-order chi connectivity index (χ1) is 13.8. The molecule has 1 saturated heterocycles. The van der Waals surface area contributed by atoms with Gasteiger partial charge in [-0.15, -0.1) is 24.0 Å². The first kappa shape index (κ1) is 21.6. The number of aromatic nitrogens is 2. The maximum Gasteiger partial charge on any atom is 0.213 e. The van der Waals surface area contributed by atoms with E-state index in [0.717, 1.165) is 56.0 Å². The summed E-state index contributed by atoms with van der Waals surface area (Å²) >= 11 is 0. The minimum atomic E-state index is 0. The zero-order chi connectivity index (χ0) is 19.2. The first-order valence-corrected chi connectivity index (χ1v) is 10.0. The summed E-state index contributed by atoms with van der Waals surface area (Å²) in [5, 5.41) is 3.47. The van der Waals surface area contributed by atoms with Gasteiger partial charge in [0.05, 0.1) is 6.61 Å². The van der Waals surface area contributed by atoms with E-state index in [1.165, 1.54) is 12.8 Å². The van der Waals surface area contributed by atoms with E-state index in [1.54, 1.807) is 0 Å². The van der Waals surface area contributed by atoms with Crippen LogP contribution in [0.4, 0.5) is 5.82 Å². The molecule has 0 radical (unpaired) electrons. The number of hydrogen-bond acceptors (Lipinski definition) is 5. The third-order valence-corrected chi connectivity index (χ3v) is 5.18. The summed E-state index contributed by atoms with van der Waals surface area (Å²) in [6, 6.07) is 10.1. The Hall–Kier alpha value is -2.10. The molecule has 2 aromatic heterocycles. The maximum absolute atomic E-state index is 5.78. The van der Waals surface area contributed by atoms with Crippen molar-refractivity contribution in [3.05, 3.63) is 48.3 Å². The third-order valence-electron chi connectivity index (χ3n) is 5.18. The molecular weight excluding hydrogens is 479 g/mol. The fourth-order valence-electron chi connectivity index (χ4n) is 3.33. The van der Waals surface area contributed by atoms with Gasteiger partial charge in [0.15, 0.2) is 5.96 Å². The van der Waals surface area contributed by atoms with E-state index >= 15 is 0 Å². The monoisotopic (exact) mass is 508 g/mol. The quantitative estimate of drug-likeness (QED) is 0.368. The fourth-order valence-corrected chi connectivity index (χ4v) is 3.33. The van der Waals surface area contributed by atoms with Crippen LogP contribution in [0.2, 0.25) is 0 Å². The second-order valence-electron chi connectivity index (χ2n) is 7.32. The maximum atomic E-state index is 5.78. The van der Waals surface area contributed by atoms with E-state index in [0.29, 0.717) is 12.4 Å². The van der Waals surface area contributed by atoms with Crippen molar-refractivity contribution < 1.29 is 4.74 Å². The Morgan fingerprint density at radius 3 is 2.66 bits per heavy atom. The predicted molar refractivity (Wildman–Crippen MR) is 126 cm³/mol. The Morgan fingerprint density at radius 1 is 1.14 bits per heavy atom. The molecule has 156 valence electrons. The molecule has 0 atom stereocenters. The highest BCUT2D eigenvalue weighted by Crippen LogP contribution is 2.29. The molecule has 2 aliphatic rings. The van der Waals surface area contributed by atoms with Gasteiger partial charge in [-0.05, 0) is 42.5 Å². The van der Waals surface area contributed by atoms with Crippen LogP contribution in [0.1, 0.15) is 18.4 Å².